The molecular weight excluding hydrogens is 386 g/mol. The summed E-state index contributed by atoms with van der Waals surface area (Å²) in [6, 6.07) is 8.06. The van der Waals surface area contributed by atoms with E-state index in [1.165, 1.54) is 12.8 Å². The summed E-state index contributed by atoms with van der Waals surface area (Å²) in [7, 11) is 2.02. The Labute approximate surface area is 185 Å². The third-order valence-corrected chi connectivity index (χ3v) is 10.2. The van der Waals surface area contributed by atoms with Gasteiger partial charge in [0.25, 0.3) is 0 Å². The third kappa shape index (κ3) is 2.60. The number of allylic oxidation sites excluding steroid dienone is 1. The molecule has 7 atom stereocenters. The standard InChI is InChI=1S/C27H35NO3/c1-26-12-10-17(29)14-16(26)8-9-18-20(26)11-13-27(2)21(18)15-19(24(27)30)25-28(3)22-6-4-5-7-23(22)31-25/h4-7,16-18,20-21,29H,8-15H2,1-3H3/b25-19+/t16-,17-,18+,20-,21-,26-,27-/m0/s1. The number of benzene rings is 1. The molecule has 166 valence electrons. The molecule has 4 aliphatic carbocycles. The number of aliphatic hydroxyl groups is 1. The van der Waals surface area contributed by atoms with Gasteiger partial charge in [0.05, 0.1) is 17.4 Å². The molecule has 0 unspecified atom stereocenters. The van der Waals surface area contributed by atoms with Crippen LogP contribution in [0, 0.1) is 34.5 Å². The molecule has 4 saturated carbocycles. The predicted molar refractivity (Wildman–Crippen MR) is 121 cm³/mol. The number of ether oxygens (including phenoxy) is 1. The van der Waals surface area contributed by atoms with E-state index in [0.29, 0.717) is 34.9 Å². The number of hydrogen-bond donors (Lipinski definition) is 1. The summed E-state index contributed by atoms with van der Waals surface area (Å²) in [6.45, 7) is 4.74. The topological polar surface area (TPSA) is 49.8 Å². The maximum Gasteiger partial charge on any atom is 0.207 e. The number of rotatable bonds is 0. The van der Waals surface area contributed by atoms with Crippen LogP contribution >= 0.6 is 0 Å². The van der Waals surface area contributed by atoms with E-state index in [1.54, 1.807) is 0 Å². The minimum Gasteiger partial charge on any atom is -0.438 e. The van der Waals surface area contributed by atoms with Gasteiger partial charge in [0.2, 0.25) is 5.88 Å². The van der Waals surface area contributed by atoms with Crippen molar-refractivity contribution >= 4 is 11.5 Å². The number of Topliss-reactive ketones (excluding diaryl/α,β-unsaturated/α-hetero) is 1. The van der Waals surface area contributed by atoms with Crippen LogP contribution in [-0.4, -0.2) is 24.0 Å². The van der Waals surface area contributed by atoms with Crippen LogP contribution < -0.4 is 9.64 Å². The van der Waals surface area contributed by atoms with E-state index in [-0.39, 0.29) is 11.5 Å². The monoisotopic (exact) mass is 421 g/mol. The molecule has 1 heterocycles. The first-order chi connectivity index (χ1) is 14.8. The molecule has 0 aromatic heterocycles. The second kappa shape index (κ2) is 6.60. The van der Waals surface area contributed by atoms with Gasteiger partial charge in [0, 0.05) is 12.5 Å². The van der Waals surface area contributed by atoms with Crippen LogP contribution in [0.25, 0.3) is 0 Å². The quantitative estimate of drug-likeness (QED) is 0.577. The van der Waals surface area contributed by atoms with Gasteiger partial charge in [-0.05, 0) is 92.6 Å². The van der Waals surface area contributed by atoms with Gasteiger partial charge < -0.3 is 14.7 Å². The van der Waals surface area contributed by atoms with Crippen LogP contribution in [0.2, 0.25) is 0 Å². The van der Waals surface area contributed by atoms with Crippen molar-refractivity contribution in [1.82, 2.24) is 0 Å². The fourth-order valence-electron chi connectivity index (χ4n) is 8.42. The Morgan fingerprint density at radius 1 is 1.06 bits per heavy atom. The van der Waals surface area contributed by atoms with E-state index in [0.717, 1.165) is 61.4 Å². The third-order valence-electron chi connectivity index (χ3n) is 10.2. The van der Waals surface area contributed by atoms with Crippen molar-refractivity contribution in [3.8, 4) is 5.75 Å². The van der Waals surface area contributed by atoms with Gasteiger partial charge in [-0.15, -0.1) is 0 Å². The SMILES string of the molecule is CN1/C(=C2/C[C@H]3[C@@H]4CC[C@H]5C[C@@H](O)CC[C@]5(C)[C@H]4CC[C@]3(C)C2=O)Oc2ccccc21. The molecule has 1 N–H and O–H groups in total. The van der Waals surface area contributed by atoms with Crippen LogP contribution in [0.1, 0.15) is 65.2 Å². The molecule has 4 heteroatoms. The lowest BCUT2D eigenvalue weighted by atomic mass is 9.45. The summed E-state index contributed by atoms with van der Waals surface area (Å²) >= 11 is 0. The van der Waals surface area contributed by atoms with E-state index in [1.807, 2.05) is 25.2 Å². The van der Waals surface area contributed by atoms with Gasteiger partial charge in [-0.2, -0.15) is 0 Å². The highest BCUT2D eigenvalue weighted by Gasteiger charge is 2.62. The Morgan fingerprint density at radius 3 is 2.68 bits per heavy atom. The van der Waals surface area contributed by atoms with E-state index < -0.39 is 0 Å². The van der Waals surface area contributed by atoms with Gasteiger partial charge in [-0.25, -0.2) is 0 Å². The average molecular weight is 422 g/mol. The Hall–Kier alpha value is -1.81. The molecule has 6 rings (SSSR count). The van der Waals surface area contributed by atoms with Crippen LogP contribution in [0.3, 0.4) is 0 Å². The smallest absolute Gasteiger partial charge is 0.207 e. The maximum absolute atomic E-state index is 13.8. The predicted octanol–water partition coefficient (Wildman–Crippen LogP) is 5.31. The fraction of sp³-hybridized carbons (Fsp3) is 0.667. The molecule has 4 nitrogen and oxygen atoms in total. The molecule has 0 bridgehead atoms. The highest BCUT2D eigenvalue weighted by molar-refractivity contribution is 6.03. The second-order valence-corrected chi connectivity index (χ2v) is 11.5. The molecule has 1 aliphatic heterocycles. The zero-order valence-electron chi connectivity index (χ0n) is 19.1. The summed E-state index contributed by atoms with van der Waals surface area (Å²) in [4.78, 5) is 15.9. The normalized spacial score (nSPS) is 46.1. The average Bonchev–Trinajstić information content (AvgIpc) is 3.23. The molecule has 0 amide bonds. The molecule has 5 aliphatic rings. The Morgan fingerprint density at radius 2 is 1.87 bits per heavy atom. The highest BCUT2D eigenvalue weighted by atomic mass is 16.5. The van der Waals surface area contributed by atoms with Crippen LogP contribution in [-0.2, 0) is 4.79 Å². The van der Waals surface area contributed by atoms with E-state index in [9.17, 15) is 9.90 Å². The number of carbonyl (C=O) groups is 1. The molecule has 0 spiro atoms. The molecule has 31 heavy (non-hydrogen) atoms. The number of anilines is 1. The van der Waals surface area contributed by atoms with Crippen LogP contribution in [0.5, 0.6) is 5.75 Å². The van der Waals surface area contributed by atoms with Crippen molar-refractivity contribution < 1.29 is 14.6 Å². The number of carbonyl (C=O) groups excluding carboxylic acids is 1. The number of fused-ring (bicyclic) bond motifs is 6. The fourth-order valence-corrected chi connectivity index (χ4v) is 8.42. The minimum absolute atomic E-state index is 0.107. The molecule has 0 radical (unpaired) electrons. The van der Waals surface area contributed by atoms with Crippen molar-refractivity contribution in [2.24, 2.45) is 34.5 Å². The van der Waals surface area contributed by atoms with Gasteiger partial charge in [0.15, 0.2) is 11.5 Å². The van der Waals surface area contributed by atoms with E-state index in [4.69, 9.17) is 4.74 Å². The number of aliphatic hydroxyl groups excluding tert-OH is 1. The number of nitrogens with zero attached hydrogens (tertiary/aromatic N) is 1. The summed E-state index contributed by atoms with van der Waals surface area (Å²) < 4.78 is 6.24. The largest absolute Gasteiger partial charge is 0.438 e. The zero-order chi connectivity index (χ0) is 21.5. The van der Waals surface area contributed by atoms with Crippen molar-refractivity contribution in [2.75, 3.05) is 11.9 Å². The minimum atomic E-state index is -0.250. The van der Waals surface area contributed by atoms with Gasteiger partial charge >= 0.3 is 0 Å². The lowest BCUT2D eigenvalue weighted by Gasteiger charge is -2.59. The zero-order valence-corrected chi connectivity index (χ0v) is 19.1. The Bertz CT molecular complexity index is 969. The molecular formula is C27H35NO3. The van der Waals surface area contributed by atoms with E-state index >= 15 is 0 Å². The molecule has 0 saturated heterocycles. The molecule has 1 aromatic rings. The lowest BCUT2D eigenvalue weighted by Crippen LogP contribution is -2.54. The van der Waals surface area contributed by atoms with Gasteiger partial charge in [0.1, 0.15) is 0 Å². The number of ketones is 1. The number of hydrogen-bond acceptors (Lipinski definition) is 4. The summed E-state index contributed by atoms with van der Waals surface area (Å²) in [5.41, 5.74) is 2.04. The van der Waals surface area contributed by atoms with Crippen LogP contribution in [0.4, 0.5) is 5.69 Å². The highest BCUT2D eigenvalue weighted by Crippen LogP contribution is 2.66. The van der Waals surface area contributed by atoms with Gasteiger partial charge in [-0.3, -0.25) is 4.79 Å². The summed E-state index contributed by atoms with van der Waals surface area (Å²) in [5, 5.41) is 10.3. The molecule has 1 aromatic carbocycles. The first-order valence-corrected chi connectivity index (χ1v) is 12.3. The maximum atomic E-state index is 13.8. The first kappa shape index (κ1) is 19.8. The van der Waals surface area contributed by atoms with Crippen molar-refractivity contribution in [2.45, 2.75) is 71.3 Å². The summed E-state index contributed by atoms with van der Waals surface area (Å²) in [5.74, 6) is 4.32. The lowest BCUT2D eigenvalue weighted by molar-refractivity contribution is -0.141. The van der Waals surface area contributed by atoms with Crippen molar-refractivity contribution in [3.05, 3.63) is 35.7 Å². The number of para-hydroxylation sites is 2. The first-order valence-electron chi connectivity index (χ1n) is 12.3. The van der Waals surface area contributed by atoms with Gasteiger partial charge in [-0.1, -0.05) is 26.0 Å². The Kier molecular flexibility index (Phi) is 4.23. The Balaban J connectivity index is 1.34. The van der Waals surface area contributed by atoms with E-state index in [2.05, 4.69) is 24.8 Å². The van der Waals surface area contributed by atoms with Crippen LogP contribution in [0.15, 0.2) is 35.7 Å². The second-order valence-electron chi connectivity index (χ2n) is 11.5. The van der Waals surface area contributed by atoms with Crippen molar-refractivity contribution in [1.29, 1.82) is 0 Å². The molecule has 4 fully saturated rings. The summed E-state index contributed by atoms with van der Waals surface area (Å²) in [6.07, 6.45) is 8.40. The van der Waals surface area contributed by atoms with Crippen molar-refractivity contribution in [3.63, 3.8) is 0 Å².